The molecule has 0 fully saturated rings. The van der Waals surface area contributed by atoms with E-state index in [9.17, 15) is 4.79 Å². The van der Waals surface area contributed by atoms with Crippen molar-refractivity contribution in [2.24, 2.45) is 0 Å². The Bertz CT molecular complexity index is 868. The van der Waals surface area contributed by atoms with Crippen LogP contribution in [0.5, 0.6) is 0 Å². The first-order valence-electron chi connectivity index (χ1n) is 8.00. The smallest absolute Gasteiger partial charge is 0.185 e. The fraction of sp³-hybridized carbons (Fsp3) is 0.0455. The average molecular weight is 392 g/mol. The van der Waals surface area contributed by atoms with Crippen molar-refractivity contribution in [3.8, 4) is 0 Å². The van der Waals surface area contributed by atoms with E-state index in [1.54, 1.807) is 6.08 Å². The Kier molecular flexibility index (Phi) is 5.46. The van der Waals surface area contributed by atoms with E-state index in [4.69, 9.17) is 0 Å². The molecule has 0 aliphatic heterocycles. The Labute approximate surface area is 156 Å². The lowest BCUT2D eigenvalue weighted by molar-refractivity contribution is 0.104. The number of ketones is 1. The highest BCUT2D eigenvalue weighted by Gasteiger charge is 2.06. The second kappa shape index (κ2) is 7.95. The molecule has 0 saturated carbocycles. The number of allylic oxidation sites excluding steroid dienone is 1. The van der Waals surface area contributed by atoms with Gasteiger partial charge in [0.1, 0.15) is 0 Å². The molecular formula is C22H18BrNO. The number of carbonyl (C=O) groups excluding carboxylic acids is 1. The van der Waals surface area contributed by atoms with Crippen molar-refractivity contribution in [3.05, 3.63) is 101 Å². The highest BCUT2D eigenvalue weighted by Crippen LogP contribution is 2.23. The third kappa shape index (κ3) is 4.46. The predicted molar refractivity (Wildman–Crippen MR) is 108 cm³/mol. The molecule has 0 amide bonds. The zero-order valence-electron chi connectivity index (χ0n) is 13.9. The van der Waals surface area contributed by atoms with Crippen LogP contribution in [0.1, 0.15) is 15.9 Å². The molecular weight excluding hydrogens is 374 g/mol. The lowest BCUT2D eigenvalue weighted by Crippen LogP contribution is -2.09. The Hall–Kier alpha value is -2.65. The first kappa shape index (κ1) is 17.2. The Balaban J connectivity index is 1.71. The van der Waals surface area contributed by atoms with Gasteiger partial charge >= 0.3 is 0 Å². The third-order valence-corrected chi connectivity index (χ3v) is 4.51. The van der Waals surface area contributed by atoms with E-state index in [1.165, 1.54) is 0 Å². The number of para-hydroxylation sites is 1. The van der Waals surface area contributed by atoms with Crippen LogP contribution in [0.25, 0.3) is 6.08 Å². The normalized spacial score (nSPS) is 10.8. The van der Waals surface area contributed by atoms with Gasteiger partial charge in [-0.25, -0.2) is 0 Å². The Morgan fingerprint density at radius 1 is 0.840 bits per heavy atom. The van der Waals surface area contributed by atoms with E-state index >= 15 is 0 Å². The van der Waals surface area contributed by atoms with E-state index in [-0.39, 0.29) is 5.78 Å². The van der Waals surface area contributed by atoms with Gasteiger partial charge in [-0.3, -0.25) is 4.79 Å². The summed E-state index contributed by atoms with van der Waals surface area (Å²) >= 11 is 3.40. The summed E-state index contributed by atoms with van der Waals surface area (Å²) in [5.74, 6) is -0.00293. The largest absolute Gasteiger partial charge is 0.345 e. The number of rotatable bonds is 5. The van der Waals surface area contributed by atoms with Gasteiger partial charge in [0.15, 0.2) is 5.78 Å². The molecule has 124 valence electrons. The van der Waals surface area contributed by atoms with Gasteiger partial charge in [0, 0.05) is 28.5 Å². The SMILES string of the molecule is CN(c1ccccc1)c1ccc(C(=O)/C=C/c2ccc(Br)cc2)cc1. The summed E-state index contributed by atoms with van der Waals surface area (Å²) in [6.07, 6.45) is 3.44. The summed E-state index contributed by atoms with van der Waals surface area (Å²) in [7, 11) is 2.01. The number of halogens is 1. The van der Waals surface area contributed by atoms with Crippen LogP contribution in [-0.2, 0) is 0 Å². The number of nitrogens with zero attached hydrogens (tertiary/aromatic N) is 1. The van der Waals surface area contributed by atoms with Gasteiger partial charge in [-0.2, -0.15) is 0 Å². The van der Waals surface area contributed by atoms with Gasteiger partial charge in [0.2, 0.25) is 0 Å². The molecule has 3 aromatic rings. The van der Waals surface area contributed by atoms with Crippen molar-refractivity contribution in [2.45, 2.75) is 0 Å². The van der Waals surface area contributed by atoms with Gasteiger partial charge in [-0.1, -0.05) is 52.3 Å². The number of anilines is 2. The number of hydrogen-bond acceptors (Lipinski definition) is 2. The molecule has 0 aromatic heterocycles. The maximum absolute atomic E-state index is 12.3. The highest BCUT2D eigenvalue weighted by atomic mass is 79.9. The zero-order chi connectivity index (χ0) is 17.6. The number of hydrogen-bond donors (Lipinski definition) is 0. The van der Waals surface area contributed by atoms with Crippen LogP contribution in [0.4, 0.5) is 11.4 Å². The van der Waals surface area contributed by atoms with Gasteiger partial charge < -0.3 is 4.90 Å². The highest BCUT2D eigenvalue weighted by molar-refractivity contribution is 9.10. The van der Waals surface area contributed by atoms with Gasteiger partial charge in [0.05, 0.1) is 0 Å². The van der Waals surface area contributed by atoms with Crippen LogP contribution in [0.3, 0.4) is 0 Å². The summed E-state index contributed by atoms with van der Waals surface area (Å²) in [6.45, 7) is 0. The van der Waals surface area contributed by atoms with E-state index in [0.717, 1.165) is 21.4 Å². The van der Waals surface area contributed by atoms with E-state index < -0.39 is 0 Å². The molecule has 3 heteroatoms. The van der Waals surface area contributed by atoms with E-state index in [2.05, 4.69) is 33.0 Å². The fourth-order valence-corrected chi connectivity index (χ4v) is 2.76. The molecule has 0 spiro atoms. The lowest BCUT2D eigenvalue weighted by Gasteiger charge is -2.19. The molecule has 0 saturated heterocycles. The maximum atomic E-state index is 12.3. The molecule has 3 aromatic carbocycles. The standard InChI is InChI=1S/C22H18BrNO/c1-24(20-5-3-2-4-6-20)21-14-10-18(11-15-21)22(25)16-9-17-7-12-19(23)13-8-17/h2-16H,1H3/b16-9+. The molecule has 0 bridgehead atoms. The zero-order valence-corrected chi connectivity index (χ0v) is 15.5. The number of carbonyl (C=O) groups is 1. The van der Waals surface area contributed by atoms with Crippen LogP contribution in [0.2, 0.25) is 0 Å². The monoisotopic (exact) mass is 391 g/mol. The third-order valence-electron chi connectivity index (χ3n) is 3.98. The van der Waals surface area contributed by atoms with Gasteiger partial charge in [-0.05, 0) is 60.2 Å². The summed E-state index contributed by atoms with van der Waals surface area (Å²) in [5.41, 5.74) is 3.83. The second-order valence-corrected chi connectivity index (χ2v) is 6.61. The Morgan fingerprint density at radius 2 is 1.44 bits per heavy atom. The molecule has 0 radical (unpaired) electrons. The first-order chi connectivity index (χ1) is 12.1. The topological polar surface area (TPSA) is 20.3 Å². The predicted octanol–water partition coefficient (Wildman–Crippen LogP) is 6.11. The molecule has 2 nitrogen and oxygen atoms in total. The second-order valence-electron chi connectivity index (χ2n) is 5.69. The summed E-state index contributed by atoms with van der Waals surface area (Å²) in [4.78, 5) is 14.4. The van der Waals surface area contributed by atoms with Crippen molar-refractivity contribution in [2.75, 3.05) is 11.9 Å². The molecule has 0 unspecified atom stereocenters. The van der Waals surface area contributed by atoms with Crippen molar-refractivity contribution >= 4 is 39.2 Å². The lowest BCUT2D eigenvalue weighted by atomic mass is 10.1. The van der Waals surface area contributed by atoms with E-state index in [0.29, 0.717) is 5.56 Å². The van der Waals surface area contributed by atoms with Crippen LogP contribution >= 0.6 is 15.9 Å². The van der Waals surface area contributed by atoms with Crippen LogP contribution in [0, 0.1) is 0 Å². The van der Waals surface area contributed by atoms with Crippen molar-refractivity contribution in [1.82, 2.24) is 0 Å². The van der Waals surface area contributed by atoms with Crippen LogP contribution < -0.4 is 4.90 Å². The van der Waals surface area contributed by atoms with E-state index in [1.807, 2.05) is 79.9 Å². The van der Waals surface area contributed by atoms with Crippen molar-refractivity contribution in [1.29, 1.82) is 0 Å². The Morgan fingerprint density at radius 3 is 2.08 bits per heavy atom. The summed E-state index contributed by atoms with van der Waals surface area (Å²) in [5, 5.41) is 0. The summed E-state index contributed by atoms with van der Waals surface area (Å²) in [6, 6.07) is 25.6. The minimum atomic E-state index is -0.00293. The maximum Gasteiger partial charge on any atom is 0.185 e. The van der Waals surface area contributed by atoms with Crippen LogP contribution in [0.15, 0.2) is 89.4 Å². The van der Waals surface area contributed by atoms with Crippen molar-refractivity contribution < 1.29 is 4.79 Å². The molecule has 0 atom stereocenters. The van der Waals surface area contributed by atoms with Gasteiger partial charge in [0.25, 0.3) is 0 Å². The molecule has 0 aliphatic carbocycles. The minimum absolute atomic E-state index is 0.00293. The first-order valence-corrected chi connectivity index (χ1v) is 8.79. The van der Waals surface area contributed by atoms with Gasteiger partial charge in [-0.15, -0.1) is 0 Å². The molecule has 25 heavy (non-hydrogen) atoms. The number of benzene rings is 3. The average Bonchev–Trinajstić information content (AvgIpc) is 2.67. The fourth-order valence-electron chi connectivity index (χ4n) is 2.49. The summed E-state index contributed by atoms with van der Waals surface area (Å²) < 4.78 is 1.02. The molecule has 0 N–H and O–H groups in total. The van der Waals surface area contributed by atoms with Crippen LogP contribution in [-0.4, -0.2) is 12.8 Å². The molecule has 0 heterocycles. The quantitative estimate of drug-likeness (QED) is 0.386. The molecule has 3 rings (SSSR count). The molecule has 0 aliphatic rings. The minimum Gasteiger partial charge on any atom is -0.345 e. The van der Waals surface area contributed by atoms with Crippen molar-refractivity contribution in [3.63, 3.8) is 0 Å².